The summed E-state index contributed by atoms with van der Waals surface area (Å²) in [6.07, 6.45) is -0.558. The van der Waals surface area contributed by atoms with Crippen LogP contribution in [-0.2, 0) is 18.9 Å². The Kier molecular flexibility index (Phi) is 1.39. The Morgan fingerprint density at radius 3 is 1.89 bits per heavy atom. The van der Waals surface area contributed by atoms with Gasteiger partial charge in [-0.25, -0.2) is 0 Å². The molecule has 0 amide bonds. The van der Waals surface area contributed by atoms with Crippen molar-refractivity contribution in [2.75, 3.05) is 20.0 Å². The van der Waals surface area contributed by atoms with Crippen LogP contribution in [0.1, 0.15) is 0 Å². The average Bonchev–Trinajstić information content (AvgIpc) is 2.33. The summed E-state index contributed by atoms with van der Waals surface area (Å²) in [4.78, 5) is 0. The lowest BCUT2D eigenvalue weighted by molar-refractivity contribution is -0.239. The van der Waals surface area contributed by atoms with Gasteiger partial charge in [-0.3, -0.25) is 0 Å². The van der Waals surface area contributed by atoms with Crippen molar-refractivity contribution in [1.29, 1.82) is 0 Å². The van der Waals surface area contributed by atoms with Gasteiger partial charge in [0.15, 0.2) is 6.79 Å². The topological polar surface area (TPSA) is 36.9 Å². The molecule has 52 valence electrons. The molecule has 4 heteroatoms. The molecule has 0 aromatic rings. The van der Waals surface area contributed by atoms with Crippen molar-refractivity contribution in [3.05, 3.63) is 0 Å². The van der Waals surface area contributed by atoms with E-state index in [2.05, 4.69) is 0 Å². The van der Waals surface area contributed by atoms with E-state index in [1.165, 1.54) is 0 Å². The van der Waals surface area contributed by atoms with Crippen LogP contribution in [0.25, 0.3) is 0 Å². The fourth-order valence-electron chi connectivity index (χ4n) is 0.912. The highest BCUT2D eigenvalue weighted by Gasteiger charge is 2.33. The average molecular weight is 132 g/mol. The van der Waals surface area contributed by atoms with E-state index in [1.54, 1.807) is 0 Å². The predicted molar refractivity (Wildman–Crippen MR) is 26.5 cm³/mol. The molecule has 0 saturated carbocycles. The van der Waals surface area contributed by atoms with Gasteiger partial charge in [0.1, 0.15) is 0 Å². The maximum absolute atomic E-state index is 5.13. The molecule has 2 aliphatic rings. The molecule has 4 nitrogen and oxygen atoms in total. The number of hydrogen-bond donors (Lipinski definition) is 0. The van der Waals surface area contributed by atoms with Crippen LogP contribution < -0.4 is 0 Å². The maximum Gasteiger partial charge on any atom is 0.211 e. The van der Waals surface area contributed by atoms with Gasteiger partial charge in [0.2, 0.25) is 12.6 Å². The van der Waals surface area contributed by atoms with Gasteiger partial charge in [-0.2, -0.15) is 0 Å². The maximum atomic E-state index is 5.13. The van der Waals surface area contributed by atoms with Crippen LogP contribution in [0.5, 0.6) is 0 Å². The fraction of sp³-hybridized carbons (Fsp3) is 1.00. The van der Waals surface area contributed by atoms with Crippen LogP contribution in [0.2, 0.25) is 0 Å². The van der Waals surface area contributed by atoms with Crippen LogP contribution in [-0.4, -0.2) is 32.6 Å². The minimum absolute atomic E-state index is 0.279. The Hall–Kier alpha value is -0.160. The van der Waals surface area contributed by atoms with Crippen LogP contribution >= 0.6 is 0 Å². The molecule has 2 fully saturated rings. The van der Waals surface area contributed by atoms with Crippen LogP contribution in [0, 0.1) is 0 Å². The monoisotopic (exact) mass is 132 g/mol. The Bertz CT molecular complexity index is 93.1. The molecule has 2 saturated heterocycles. The molecule has 2 rings (SSSR count). The number of ether oxygens (including phenoxy) is 4. The molecule has 2 heterocycles. The number of fused-ring (bicyclic) bond motifs is 1. The summed E-state index contributed by atoms with van der Waals surface area (Å²) >= 11 is 0. The van der Waals surface area contributed by atoms with Gasteiger partial charge in [0.25, 0.3) is 0 Å². The summed E-state index contributed by atoms with van der Waals surface area (Å²) in [6, 6.07) is 0. The van der Waals surface area contributed by atoms with E-state index in [0.717, 1.165) is 0 Å². The molecule has 2 aliphatic heterocycles. The van der Waals surface area contributed by atoms with Crippen molar-refractivity contribution in [3.63, 3.8) is 0 Å². The quantitative estimate of drug-likeness (QED) is 0.453. The predicted octanol–water partition coefficient (Wildman–Crippen LogP) is -0.310. The zero-order valence-electron chi connectivity index (χ0n) is 4.91. The largest absolute Gasteiger partial charge is 0.345 e. The molecule has 2 atom stereocenters. The number of rotatable bonds is 0. The standard InChI is InChI=1S/C5H8O4/c1-2-7-5-4(6-1)8-3-9-5/h4-5H,1-3H2. The molecule has 0 N–H and O–H groups in total. The molecular weight excluding hydrogens is 124 g/mol. The lowest BCUT2D eigenvalue weighted by Gasteiger charge is -2.22. The van der Waals surface area contributed by atoms with E-state index in [-0.39, 0.29) is 19.4 Å². The molecule has 0 aromatic heterocycles. The SMILES string of the molecule is C1COC2OCOC2O1. The minimum Gasteiger partial charge on any atom is -0.345 e. The van der Waals surface area contributed by atoms with Crippen LogP contribution in [0.3, 0.4) is 0 Å². The second kappa shape index (κ2) is 2.22. The third kappa shape index (κ3) is 0.943. The summed E-state index contributed by atoms with van der Waals surface area (Å²) in [5.74, 6) is 0. The fourth-order valence-corrected chi connectivity index (χ4v) is 0.912. The van der Waals surface area contributed by atoms with Gasteiger partial charge in [-0.05, 0) is 0 Å². The first-order chi connectivity index (χ1) is 4.47. The van der Waals surface area contributed by atoms with E-state index in [4.69, 9.17) is 18.9 Å². The zero-order chi connectivity index (χ0) is 6.10. The van der Waals surface area contributed by atoms with Gasteiger partial charge in [-0.1, -0.05) is 0 Å². The van der Waals surface area contributed by atoms with Crippen molar-refractivity contribution in [2.45, 2.75) is 12.6 Å². The summed E-state index contributed by atoms with van der Waals surface area (Å²) in [5, 5.41) is 0. The van der Waals surface area contributed by atoms with Gasteiger partial charge < -0.3 is 18.9 Å². The number of hydrogen-bond acceptors (Lipinski definition) is 4. The molecule has 2 unspecified atom stereocenters. The Morgan fingerprint density at radius 2 is 1.33 bits per heavy atom. The van der Waals surface area contributed by atoms with Gasteiger partial charge in [0.05, 0.1) is 13.2 Å². The molecular formula is C5H8O4. The van der Waals surface area contributed by atoms with E-state index < -0.39 is 0 Å². The summed E-state index contributed by atoms with van der Waals surface area (Å²) in [6.45, 7) is 1.49. The van der Waals surface area contributed by atoms with Gasteiger partial charge in [0, 0.05) is 0 Å². The van der Waals surface area contributed by atoms with Crippen molar-refractivity contribution in [3.8, 4) is 0 Å². The second-order valence-electron chi connectivity index (χ2n) is 1.93. The van der Waals surface area contributed by atoms with E-state index in [9.17, 15) is 0 Å². The smallest absolute Gasteiger partial charge is 0.211 e. The summed E-state index contributed by atoms with van der Waals surface area (Å²) in [7, 11) is 0. The van der Waals surface area contributed by atoms with Crippen molar-refractivity contribution >= 4 is 0 Å². The third-order valence-electron chi connectivity index (χ3n) is 1.33. The van der Waals surface area contributed by atoms with E-state index in [0.29, 0.717) is 13.2 Å². The van der Waals surface area contributed by atoms with Crippen LogP contribution in [0.4, 0.5) is 0 Å². The molecule has 9 heavy (non-hydrogen) atoms. The molecule has 0 aliphatic carbocycles. The Labute approximate surface area is 52.6 Å². The first-order valence-corrected chi connectivity index (χ1v) is 2.93. The van der Waals surface area contributed by atoms with Crippen molar-refractivity contribution < 1.29 is 18.9 Å². The van der Waals surface area contributed by atoms with Crippen molar-refractivity contribution in [1.82, 2.24) is 0 Å². The minimum atomic E-state index is -0.279. The first-order valence-electron chi connectivity index (χ1n) is 2.93. The molecule has 0 bridgehead atoms. The summed E-state index contributed by atoms with van der Waals surface area (Å²) in [5.41, 5.74) is 0. The van der Waals surface area contributed by atoms with Gasteiger partial charge >= 0.3 is 0 Å². The normalized spacial score (nSPS) is 42.7. The van der Waals surface area contributed by atoms with Gasteiger partial charge in [-0.15, -0.1) is 0 Å². The zero-order valence-corrected chi connectivity index (χ0v) is 4.91. The Balaban J connectivity index is 1.97. The highest BCUT2D eigenvalue weighted by atomic mass is 16.9. The molecule has 0 aromatic carbocycles. The van der Waals surface area contributed by atoms with Crippen LogP contribution in [0.15, 0.2) is 0 Å². The van der Waals surface area contributed by atoms with E-state index >= 15 is 0 Å². The third-order valence-corrected chi connectivity index (χ3v) is 1.33. The molecule has 0 spiro atoms. The highest BCUT2D eigenvalue weighted by molar-refractivity contribution is 4.59. The van der Waals surface area contributed by atoms with Crippen molar-refractivity contribution in [2.24, 2.45) is 0 Å². The lowest BCUT2D eigenvalue weighted by Crippen LogP contribution is -2.35. The summed E-state index contributed by atoms with van der Waals surface area (Å²) < 4.78 is 20.2. The second-order valence-corrected chi connectivity index (χ2v) is 1.93. The molecule has 0 radical (unpaired) electrons. The first kappa shape index (κ1) is 5.61. The Morgan fingerprint density at radius 1 is 0.778 bits per heavy atom. The highest BCUT2D eigenvalue weighted by Crippen LogP contribution is 2.18. The lowest BCUT2D eigenvalue weighted by atomic mass is 10.5. The van der Waals surface area contributed by atoms with E-state index in [1.807, 2.05) is 0 Å².